The number of halogens is 1. The highest BCUT2D eigenvalue weighted by Crippen LogP contribution is 2.41. The number of amides is 1. The molecule has 3 aromatic rings. The average Bonchev–Trinajstić information content (AvgIpc) is 3.35. The van der Waals surface area contributed by atoms with Gasteiger partial charge in [-0.1, -0.05) is 62.1 Å². The van der Waals surface area contributed by atoms with Crippen LogP contribution in [-0.2, 0) is 19.3 Å². The Labute approximate surface area is 223 Å². The van der Waals surface area contributed by atoms with E-state index in [1.807, 2.05) is 36.4 Å². The third-order valence-electron chi connectivity index (χ3n) is 8.61. The first-order chi connectivity index (χ1) is 18.6. The Bertz CT molecular complexity index is 1280. The maximum Gasteiger partial charge on any atom is 0.414 e. The lowest BCUT2D eigenvalue weighted by molar-refractivity contribution is 0.132. The van der Waals surface area contributed by atoms with Crippen LogP contribution in [0.4, 0.5) is 9.18 Å². The van der Waals surface area contributed by atoms with Crippen LogP contribution in [0.2, 0.25) is 0 Å². The lowest BCUT2D eigenvalue weighted by Gasteiger charge is -2.27. The van der Waals surface area contributed by atoms with Crippen LogP contribution in [0.1, 0.15) is 97.3 Å². The summed E-state index contributed by atoms with van der Waals surface area (Å²) >= 11 is 0. The number of benzene rings is 2. The highest BCUT2D eigenvalue weighted by atomic mass is 19.1. The van der Waals surface area contributed by atoms with Crippen molar-refractivity contribution in [2.24, 2.45) is 0 Å². The molecule has 38 heavy (non-hydrogen) atoms. The number of aliphatic hydroxyl groups excluding tert-OH is 1. The molecule has 7 heteroatoms. The lowest BCUT2D eigenvalue weighted by atomic mass is 9.90. The van der Waals surface area contributed by atoms with E-state index >= 15 is 0 Å². The van der Waals surface area contributed by atoms with E-state index in [-0.39, 0.29) is 11.7 Å². The quantitative estimate of drug-likeness (QED) is 0.388. The van der Waals surface area contributed by atoms with Crippen LogP contribution in [0.5, 0.6) is 5.88 Å². The van der Waals surface area contributed by atoms with Gasteiger partial charge in [0.1, 0.15) is 5.82 Å². The number of carbonyl (C=O) groups excluding carboxylic acids is 1. The Balaban J connectivity index is 1.30. The van der Waals surface area contributed by atoms with Crippen LogP contribution in [0.25, 0.3) is 0 Å². The molecule has 2 N–H and O–H groups in total. The summed E-state index contributed by atoms with van der Waals surface area (Å²) in [6, 6.07) is 14.4. The number of ether oxygens (including phenoxy) is 1. The molecule has 3 atom stereocenters. The number of nitrogens with zero attached hydrogens (tertiary/aromatic N) is 2. The summed E-state index contributed by atoms with van der Waals surface area (Å²) in [5.41, 5.74) is 5.30. The van der Waals surface area contributed by atoms with Gasteiger partial charge in [0.2, 0.25) is 5.88 Å². The molecule has 3 aliphatic carbocycles. The molecule has 6 rings (SSSR count). The van der Waals surface area contributed by atoms with Crippen LogP contribution in [0.3, 0.4) is 0 Å². The second kappa shape index (κ2) is 10.9. The number of hydrogen-bond donors (Lipinski definition) is 2. The predicted molar refractivity (Wildman–Crippen MR) is 143 cm³/mol. The van der Waals surface area contributed by atoms with Crippen molar-refractivity contribution in [1.82, 2.24) is 15.1 Å². The molecule has 1 saturated carbocycles. The Kier molecular flexibility index (Phi) is 7.20. The van der Waals surface area contributed by atoms with Gasteiger partial charge in [0.05, 0.1) is 18.2 Å². The van der Waals surface area contributed by atoms with Crippen LogP contribution < -0.4 is 10.1 Å². The zero-order valence-corrected chi connectivity index (χ0v) is 21.7. The van der Waals surface area contributed by atoms with E-state index in [0.717, 1.165) is 67.2 Å². The summed E-state index contributed by atoms with van der Waals surface area (Å²) < 4.78 is 21.7. The first-order valence-electron chi connectivity index (χ1n) is 14.2. The van der Waals surface area contributed by atoms with Crippen molar-refractivity contribution in [2.75, 3.05) is 0 Å². The molecule has 3 aliphatic rings. The summed E-state index contributed by atoms with van der Waals surface area (Å²) in [5, 5.41) is 18.5. The molecule has 200 valence electrons. The fourth-order valence-corrected chi connectivity index (χ4v) is 6.74. The number of carbonyl (C=O) groups is 1. The number of hydrogen-bond acceptors (Lipinski definition) is 4. The molecule has 0 bridgehead atoms. The van der Waals surface area contributed by atoms with Gasteiger partial charge in [0.25, 0.3) is 0 Å². The second-order valence-electron chi connectivity index (χ2n) is 11.2. The number of aliphatic hydroxyl groups is 1. The van der Waals surface area contributed by atoms with Gasteiger partial charge < -0.3 is 15.2 Å². The molecular formula is C31H36FN3O3. The molecule has 0 saturated heterocycles. The topological polar surface area (TPSA) is 76.4 Å². The van der Waals surface area contributed by atoms with Crippen molar-refractivity contribution >= 4 is 6.09 Å². The highest BCUT2D eigenvalue weighted by molar-refractivity contribution is 5.71. The lowest BCUT2D eigenvalue weighted by Crippen LogP contribution is -2.36. The van der Waals surface area contributed by atoms with Crippen molar-refractivity contribution in [3.05, 3.63) is 82.3 Å². The molecule has 0 unspecified atom stereocenters. The SMILES string of the molecule is O=C(N[C@@H]1c2ccccc2C[C@@H]1O)Oc1nn(C2CCCCC2)c2c1CCCC[C@H]2Cc1ccc(F)cc1. The molecule has 1 amide bonds. The van der Waals surface area contributed by atoms with Gasteiger partial charge >= 0.3 is 6.09 Å². The smallest absolute Gasteiger partial charge is 0.390 e. The van der Waals surface area contributed by atoms with Crippen LogP contribution in [0, 0.1) is 5.82 Å². The van der Waals surface area contributed by atoms with E-state index < -0.39 is 18.2 Å². The summed E-state index contributed by atoms with van der Waals surface area (Å²) in [5.74, 6) is 0.408. The summed E-state index contributed by atoms with van der Waals surface area (Å²) in [4.78, 5) is 13.2. The summed E-state index contributed by atoms with van der Waals surface area (Å²) in [6.45, 7) is 0. The van der Waals surface area contributed by atoms with E-state index in [9.17, 15) is 14.3 Å². The minimum Gasteiger partial charge on any atom is -0.390 e. The van der Waals surface area contributed by atoms with Crippen molar-refractivity contribution < 1.29 is 19.0 Å². The molecule has 6 nitrogen and oxygen atoms in total. The van der Waals surface area contributed by atoms with Crippen molar-refractivity contribution in [1.29, 1.82) is 0 Å². The van der Waals surface area contributed by atoms with E-state index in [2.05, 4.69) is 10.00 Å². The first kappa shape index (κ1) is 25.1. The largest absolute Gasteiger partial charge is 0.414 e. The highest BCUT2D eigenvalue weighted by Gasteiger charge is 2.35. The van der Waals surface area contributed by atoms with E-state index in [0.29, 0.717) is 18.3 Å². The molecule has 0 spiro atoms. The third-order valence-corrected chi connectivity index (χ3v) is 8.61. The maximum absolute atomic E-state index is 13.6. The van der Waals surface area contributed by atoms with Gasteiger partial charge in [-0.05, 0) is 67.3 Å². The monoisotopic (exact) mass is 517 g/mol. The molecule has 1 aromatic heterocycles. The minimum absolute atomic E-state index is 0.223. The van der Waals surface area contributed by atoms with Crippen molar-refractivity contribution in [3.63, 3.8) is 0 Å². The van der Waals surface area contributed by atoms with Gasteiger partial charge in [0, 0.05) is 23.6 Å². The van der Waals surface area contributed by atoms with E-state index in [4.69, 9.17) is 9.84 Å². The Morgan fingerprint density at radius 2 is 1.79 bits per heavy atom. The fraction of sp³-hybridized carbons (Fsp3) is 0.484. The van der Waals surface area contributed by atoms with Crippen molar-refractivity contribution in [3.8, 4) is 5.88 Å². The number of rotatable bonds is 5. The summed E-state index contributed by atoms with van der Waals surface area (Å²) in [6.07, 6.45) is 9.75. The number of nitrogens with one attached hydrogen (secondary N) is 1. The molecule has 1 fully saturated rings. The van der Waals surface area contributed by atoms with Crippen LogP contribution in [-0.4, -0.2) is 27.1 Å². The van der Waals surface area contributed by atoms with Crippen molar-refractivity contribution in [2.45, 2.75) is 94.7 Å². The van der Waals surface area contributed by atoms with Gasteiger partial charge in [-0.2, -0.15) is 0 Å². The normalized spacial score (nSPS) is 23.4. The van der Waals surface area contributed by atoms with Gasteiger partial charge in [0.15, 0.2) is 0 Å². The standard InChI is InChI=1S/C31H36FN3O3/c32-23-16-14-20(15-17-23)18-22-9-5-7-13-26-29(22)35(24-10-2-1-3-11-24)34-30(26)38-31(37)33-28-25-12-6-4-8-21(25)19-27(28)36/h4,6,8,12,14-17,22,24,27-28,36H,1-3,5,7,9-11,13,18-19H2,(H,33,37)/t22-,27-,28+/m0/s1. The van der Waals surface area contributed by atoms with Crippen LogP contribution in [0.15, 0.2) is 48.5 Å². The minimum atomic E-state index is -0.683. The molecule has 1 heterocycles. The Morgan fingerprint density at radius 1 is 1.03 bits per heavy atom. The average molecular weight is 518 g/mol. The third kappa shape index (κ3) is 5.08. The van der Waals surface area contributed by atoms with Crippen LogP contribution >= 0.6 is 0 Å². The molecule has 2 aromatic carbocycles. The predicted octanol–water partition coefficient (Wildman–Crippen LogP) is 6.33. The summed E-state index contributed by atoms with van der Waals surface area (Å²) in [7, 11) is 0. The maximum atomic E-state index is 13.6. The fourth-order valence-electron chi connectivity index (χ4n) is 6.74. The Morgan fingerprint density at radius 3 is 2.61 bits per heavy atom. The number of fused-ring (bicyclic) bond motifs is 2. The first-order valence-corrected chi connectivity index (χ1v) is 14.2. The van der Waals surface area contributed by atoms with E-state index in [1.54, 1.807) is 0 Å². The van der Waals surface area contributed by atoms with E-state index in [1.165, 1.54) is 37.1 Å². The van der Waals surface area contributed by atoms with Gasteiger partial charge in [-0.3, -0.25) is 4.68 Å². The molecular weight excluding hydrogens is 481 g/mol. The zero-order valence-electron chi connectivity index (χ0n) is 21.7. The second-order valence-corrected chi connectivity index (χ2v) is 11.2. The molecule has 0 aliphatic heterocycles. The zero-order chi connectivity index (χ0) is 26.1. The molecule has 0 radical (unpaired) electrons. The van der Waals surface area contributed by atoms with Gasteiger partial charge in [-0.15, -0.1) is 5.10 Å². The number of aromatic nitrogens is 2. The van der Waals surface area contributed by atoms with Gasteiger partial charge in [-0.25, -0.2) is 9.18 Å². The Hall–Kier alpha value is -3.19.